The molecule has 0 spiro atoms. The molecule has 0 heterocycles. The lowest BCUT2D eigenvalue weighted by atomic mass is 9.85. The van der Waals surface area contributed by atoms with E-state index in [9.17, 15) is 18.3 Å². The maximum atomic E-state index is 12.5. The third kappa shape index (κ3) is 4.70. The van der Waals surface area contributed by atoms with Crippen molar-refractivity contribution in [3.05, 3.63) is 0 Å². The molecule has 2 nitrogen and oxygen atoms in total. The van der Waals surface area contributed by atoms with Gasteiger partial charge in [-0.05, 0) is 33.1 Å². The van der Waals surface area contributed by atoms with Crippen molar-refractivity contribution in [1.82, 2.24) is 5.32 Å². The van der Waals surface area contributed by atoms with Gasteiger partial charge in [0.15, 0.2) is 0 Å². The van der Waals surface area contributed by atoms with E-state index in [2.05, 4.69) is 5.32 Å². The molecule has 16 heavy (non-hydrogen) atoms. The Balaban J connectivity index is 2.39. The lowest BCUT2D eigenvalue weighted by Gasteiger charge is -2.32. The van der Waals surface area contributed by atoms with Crippen LogP contribution in [-0.4, -0.2) is 29.5 Å². The van der Waals surface area contributed by atoms with Gasteiger partial charge in [-0.1, -0.05) is 6.42 Å². The van der Waals surface area contributed by atoms with Gasteiger partial charge in [0.05, 0.1) is 11.5 Å². The average molecular weight is 239 g/mol. The highest BCUT2D eigenvalue weighted by molar-refractivity contribution is 4.83. The molecule has 0 bridgehead atoms. The molecule has 0 saturated heterocycles. The highest BCUT2D eigenvalue weighted by Gasteiger charge is 2.42. The standard InChI is InChI=1S/C11H20F3NO/c1-10(2,16)7-15-9-5-3-4-8(6-9)11(12,13)14/h8-9,15-16H,3-7H2,1-2H3. The smallest absolute Gasteiger partial charge is 0.389 e. The second-order valence-electron chi connectivity index (χ2n) is 5.30. The Morgan fingerprint density at radius 2 is 1.88 bits per heavy atom. The van der Waals surface area contributed by atoms with Crippen LogP contribution in [0.15, 0.2) is 0 Å². The van der Waals surface area contributed by atoms with Gasteiger partial charge in [0, 0.05) is 12.6 Å². The highest BCUT2D eigenvalue weighted by atomic mass is 19.4. The quantitative estimate of drug-likeness (QED) is 0.793. The zero-order valence-electron chi connectivity index (χ0n) is 9.77. The minimum atomic E-state index is -4.07. The van der Waals surface area contributed by atoms with Crippen molar-refractivity contribution in [2.75, 3.05) is 6.54 Å². The molecule has 0 aromatic carbocycles. The highest BCUT2D eigenvalue weighted by Crippen LogP contribution is 2.37. The van der Waals surface area contributed by atoms with Gasteiger partial charge in [-0.25, -0.2) is 0 Å². The van der Waals surface area contributed by atoms with Crippen LogP contribution >= 0.6 is 0 Å². The Labute approximate surface area is 94.2 Å². The molecule has 96 valence electrons. The molecule has 5 heteroatoms. The largest absolute Gasteiger partial charge is 0.391 e. The monoisotopic (exact) mass is 239 g/mol. The SMILES string of the molecule is CC(C)(O)CNC1CCCC(C(F)(F)F)C1. The van der Waals surface area contributed by atoms with Gasteiger partial charge in [-0.15, -0.1) is 0 Å². The van der Waals surface area contributed by atoms with Crippen molar-refractivity contribution >= 4 is 0 Å². The summed E-state index contributed by atoms with van der Waals surface area (Å²) in [6.45, 7) is 3.62. The van der Waals surface area contributed by atoms with Gasteiger partial charge < -0.3 is 10.4 Å². The van der Waals surface area contributed by atoms with Gasteiger partial charge in [0.2, 0.25) is 0 Å². The number of nitrogens with one attached hydrogen (secondary N) is 1. The second-order valence-corrected chi connectivity index (χ2v) is 5.30. The predicted octanol–water partition coefficient (Wildman–Crippen LogP) is 2.47. The van der Waals surface area contributed by atoms with Crippen LogP contribution in [0.25, 0.3) is 0 Å². The van der Waals surface area contributed by atoms with Crippen molar-refractivity contribution in [2.45, 2.75) is 57.3 Å². The molecule has 0 radical (unpaired) electrons. The minimum absolute atomic E-state index is 0.119. The average Bonchev–Trinajstić information content (AvgIpc) is 2.13. The molecule has 0 amide bonds. The maximum absolute atomic E-state index is 12.5. The summed E-state index contributed by atoms with van der Waals surface area (Å²) < 4.78 is 37.5. The van der Waals surface area contributed by atoms with Gasteiger partial charge in [0.1, 0.15) is 0 Å². The molecule has 0 aromatic rings. The third-order valence-corrected chi connectivity index (χ3v) is 2.96. The molecule has 1 fully saturated rings. The van der Waals surface area contributed by atoms with E-state index < -0.39 is 17.7 Å². The Hall–Kier alpha value is -0.290. The van der Waals surface area contributed by atoms with Crippen molar-refractivity contribution in [1.29, 1.82) is 0 Å². The van der Waals surface area contributed by atoms with Crippen LogP contribution in [0, 0.1) is 5.92 Å². The normalized spacial score (nSPS) is 28.1. The lowest BCUT2D eigenvalue weighted by Crippen LogP contribution is -2.44. The van der Waals surface area contributed by atoms with Crippen LogP contribution < -0.4 is 5.32 Å². The summed E-state index contributed by atoms with van der Waals surface area (Å²) in [7, 11) is 0. The molecule has 1 rings (SSSR count). The fourth-order valence-corrected chi connectivity index (χ4v) is 2.07. The first-order valence-electron chi connectivity index (χ1n) is 5.71. The van der Waals surface area contributed by atoms with Crippen LogP contribution in [0.3, 0.4) is 0 Å². The number of hydrogen-bond acceptors (Lipinski definition) is 2. The molecule has 1 aliphatic rings. The predicted molar refractivity (Wildman–Crippen MR) is 56.1 cm³/mol. The lowest BCUT2D eigenvalue weighted by molar-refractivity contribution is -0.183. The van der Waals surface area contributed by atoms with Crippen LogP contribution in [0.1, 0.15) is 39.5 Å². The van der Waals surface area contributed by atoms with Crippen LogP contribution in [0.5, 0.6) is 0 Å². The van der Waals surface area contributed by atoms with Gasteiger partial charge in [-0.2, -0.15) is 13.2 Å². The van der Waals surface area contributed by atoms with Gasteiger partial charge in [0.25, 0.3) is 0 Å². The van der Waals surface area contributed by atoms with E-state index in [4.69, 9.17) is 0 Å². The number of hydrogen-bond donors (Lipinski definition) is 2. The number of rotatable bonds is 3. The maximum Gasteiger partial charge on any atom is 0.391 e. The Kier molecular flexibility index (Phi) is 4.23. The number of aliphatic hydroxyl groups is 1. The summed E-state index contributed by atoms with van der Waals surface area (Å²) in [5.41, 5.74) is -0.870. The first kappa shape index (κ1) is 13.8. The summed E-state index contributed by atoms with van der Waals surface area (Å²) in [5, 5.41) is 12.5. The van der Waals surface area contributed by atoms with Gasteiger partial charge in [-0.3, -0.25) is 0 Å². The van der Waals surface area contributed by atoms with E-state index in [0.717, 1.165) is 6.42 Å². The summed E-state index contributed by atoms with van der Waals surface area (Å²) in [6, 6.07) is -0.119. The molecule has 2 unspecified atom stereocenters. The Morgan fingerprint density at radius 3 is 2.38 bits per heavy atom. The van der Waals surface area contributed by atoms with Crippen molar-refractivity contribution in [3.8, 4) is 0 Å². The zero-order chi connectivity index (χ0) is 12.4. The molecule has 2 N–H and O–H groups in total. The summed E-state index contributed by atoms with van der Waals surface area (Å²) in [4.78, 5) is 0. The Bertz CT molecular complexity index is 222. The summed E-state index contributed by atoms with van der Waals surface area (Å²) >= 11 is 0. The topological polar surface area (TPSA) is 32.3 Å². The molecule has 0 aliphatic heterocycles. The van der Waals surface area contributed by atoms with Crippen molar-refractivity contribution in [2.24, 2.45) is 5.92 Å². The fourth-order valence-electron chi connectivity index (χ4n) is 2.07. The summed E-state index contributed by atoms with van der Waals surface area (Å²) in [6.07, 6.45) is -2.32. The first-order valence-corrected chi connectivity index (χ1v) is 5.71. The van der Waals surface area contributed by atoms with Crippen molar-refractivity contribution in [3.63, 3.8) is 0 Å². The molecule has 0 aromatic heterocycles. The fraction of sp³-hybridized carbons (Fsp3) is 1.00. The van der Waals surface area contributed by atoms with Crippen molar-refractivity contribution < 1.29 is 18.3 Å². The first-order chi connectivity index (χ1) is 7.18. The van der Waals surface area contributed by atoms with E-state index in [1.54, 1.807) is 13.8 Å². The molecule has 2 atom stereocenters. The van der Waals surface area contributed by atoms with Gasteiger partial charge >= 0.3 is 6.18 Å². The van der Waals surface area contributed by atoms with E-state index in [0.29, 0.717) is 13.0 Å². The van der Waals surface area contributed by atoms with Crippen LogP contribution in [0.2, 0.25) is 0 Å². The molecular weight excluding hydrogens is 219 g/mol. The van der Waals surface area contributed by atoms with E-state index in [1.165, 1.54) is 0 Å². The number of halogens is 3. The van der Waals surface area contributed by atoms with E-state index in [1.807, 2.05) is 0 Å². The third-order valence-electron chi connectivity index (χ3n) is 2.96. The molecule has 1 aliphatic carbocycles. The van der Waals surface area contributed by atoms with Crippen LogP contribution in [-0.2, 0) is 0 Å². The minimum Gasteiger partial charge on any atom is -0.389 e. The second kappa shape index (κ2) is 4.92. The molecular formula is C11H20F3NO. The van der Waals surface area contributed by atoms with Crippen LogP contribution in [0.4, 0.5) is 13.2 Å². The van der Waals surface area contributed by atoms with E-state index in [-0.39, 0.29) is 18.9 Å². The summed E-state index contributed by atoms with van der Waals surface area (Å²) in [5.74, 6) is -1.18. The Morgan fingerprint density at radius 1 is 1.25 bits per heavy atom. The number of alkyl halides is 3. The zero-order valence-corrected chi connectivity index (χ0v) is 9.77. The molecule has 1 saturated carbocycles. The van der Waals surface area contributed by atoms with E-state index >= 15 is 0 Å².